The molecule has 0 radical (unpaired) electrons. The molecular weight excluding hydrogens is 222 g/mol. The Balaban J connectivity index is 2.06. The average molecular weight is 249 g/mol. The number of guanidine groups is 1. The highest BCUT2D eigenvalue weighted by atomic mass is 15.4. The minimum atomic E-state index is 0.194. The molecule has 0 aromatic heterocycles. The quantitative estimate of drug-likeness (QED) is 0.765. The van der Waals surface area contributed by atoms with Crippen LogP contribution in [0.25, 0.3) is 0 Å². The molecule has 0 aromatic rings. The summed E-state index contributed by atoms with van der Waals surface area (Å²) in [7, 11) is 0. The zero-order valence-corrected chi connectivity index (χ0v) is 12.1. The van der Waals surface area contributed by atoms with E-state index in [1.54, 1.807) is 0 Å². The van der Waals surface area contributed by atoms with Crippen molar-refractivity contribution in [2.24, 2.45) is 22.1 Å². The molecule has 2 rings (SSSR count). The molecule has 3 nitrogen and oxygen atoms in total. The molecular formula is C15H27N3. The van der Waals surface area contributed by atoms with Gasteiger partial charge in [0, 0.05) is 6.54 Å². The average Bonchev–Trinajstić information content (AvgIpc) is 2.59. The Hall–Kier alpha value is -0.990. The van der Waals surface area contributed by atoms with Crippen molar-refractivity contribution < 1.29 is 0 Å². The summed E-state index contributed by atoms with van der Waals surface area (Å²) in [5, 5.41) is 0. The molecule has 0 unspecified atom stereocenters. The van der Waals surface area contributed by atoms with Crippen molar-refractivity contribution in [2.45, 2.75) is 52.0 Å². The first-order chi connectivity index (χ1) is 8.39. The highest BCUT2D eigenvalue weighted by Crippen LogP contribution is 2.45. The summed E-state index contributed by atoms with van der Waals surface area (Å²) in [4.78, 5) is 6.75. The monoisotopic (exact) mass is 249 g/mol. The molecule has 0 saturated heterocycles. The zero-order valence-electron chi connectivity index (χ0n) is 12.1. The van der Waals surface area contributed by atoms with Crippen LogP contribution in [0.1, 0.15) is 46.5 Å². The van der Waals surface area contributed by atoms with Crippen molar-refractivity contribution in [1.29, 1.82) is 0 Å². The predicted molar refractivity (Wildman–Crippen MR) is 77.5 cm³/mol. The smallest absolute Gasteiger partial charge is 0.192 e. The maximum Gasteiger partial charge on any atom is 0.192 e. The zero-order chi connectivity index (χ0) is 13.4. The van der Waals surface area contributed by atoms with E-state index in [0.717, 1.165) is 19.0 Å². The number of nitrogens with two attached hydrogens (primary N) is 1. The van der Waals surface area contributed by atoms with Crippen LogP contribution in [0.4, 0.5) is 0 Å². The standard InChI is InChI=1S/C15H27N3/c1-5-10-18-13(16)17-11-15(18)8-6-12(7-9-15)14(2,3)4/h5,12H,1,6-11H2,2-4H3,(H2,16,17). The van der Waals surface area contributed by atoms with Crippen LogP contribution in [0.2, 0.25) is 0 Å². The van der Waals surface area contributed by atoms with Crippen molar-refractivity contribution in [1.82, 2.24) is 4.90 Å². The fraction of sp³-hybridized carbons (Fsp3) is 0.800. The lowest BCUT2D eigenvalue weighted by atomic mass is 9.67. The molecule has 0 bridgehead atoms. The summed E-state index contributed by atoms with van der Waals surface area (Å²) in [5.74, 6) is 1.54. The number of aliphatic imine (C=N–C) groups is 1. The molecule has 1 aliphatic heterocycles. The van der Waals surface area contributed by atoms with Crippen LogP contribution in [0.3, 0.4) is 0 Å². The Morgan fingerprint density at radius 3 is 2.56 bits per heavy atom. The van der Waals surface area contributed by atoms with Gasteiger partial charge in [-0.1, -0.05) is 26.8 Å². The van der Waals surface area contributed by atoms with E-state index in [-0.39, 0.29) is 5.54 Å². The van der Waals surface area contributed by atoms with Crippen molar-refractivity contribution in [3.8, 4) is 0 Å². The molecule has 1 spiro atoms. The van der Waals surface area contributed by atoms with Crippen LogP contribution in [0.15, 0.2) is 17.6 Å². The van der Waals surface area contributed by atoms with Gasteiger partial charge in [0.1, 0.15) is 0 Å². The van der Waals surface area contributed by atoms with Crippen LogP contribution in [-0.4, -0.2) is 29.5 Å². The van der Waals surface area contributed by atoms with Gasteiger partial charge in [0.25, 0.3) is 0 Å². The van der Waals surface area contributed by atoms with Gasteiger partial charge >= 0.3 is 0 Å². The van der Waals surface area contributed by atoms with Crippen LogP contribution in [0, 0.1) is 11.3 Å². The summed E-state index contributed by atoms with van der Waals surface area (Å²) < 4.78 is 0. The Kier molecular flexibility index (Phi) is 3.43. The second kappa shape index (κ2) is 4.60. The van der Waals surface area contributed by atoms with Gasteiger partial charge in [0.15, 0.2) is 5.96 Å². The van der Waals surface area contributed by atoms with Gasteiger partial charge in [0.2, 0.25) is 0 Å². The molecule has 0 aromatic carbocycles. The van der Waals surface area contributed by atoms with E-state index >= 15 is 0 Å². The maximum atomic E-state index is 6.02. The lowest BCUT2D eigenvalue weighted by Crippen LogP contribution is -2.54. The van der Waals surface area contributed by atoms with E-state index in [1.807, 2.05) is 6.08 Å². The van der Waals surface area contributed by atoms with E-state index in [0.29, 0.717) is 11.4 Å². The van der Waals surface area contributed by atoms with Crippen LogP contribution in [0.5, 0.6) is 0 Å². The summed E-state index contributed by atoms with van der Waals surface area (Å²) in [6.07, 6.45) is 6.95. The van der Waals surface area contributed by atoms with Crippen molar-refractivity contribution in [2.75, 3.05) is 13.1 Å². The Morgan fingerprint density at radius 1 is 1.44 bits per heavy atom. The summed E-state index contributed by atoms with van der Waals surface area (Å²) in [5.41, 5.74) is 6.64. The predicted octanol–water partition coefficient (Wildman–Crippen LogP) is 2.78. The number of nitrogens with zero attached hydrogens (tertiary/aromatic N) is 2. The highest BCUT2D eigenvalue weighted by molar-refractivity contribution is 5.81. The number of rotatable bonds is 2. The Labute approximate surface area is 111 Å². The molecule has 1 saturated carbocycles. The molecule has 1 fully saturated rings. The second-order valence-electron chi connectivity index (χ2n) is 6.94. The molecule has 2 N–H and O–H groups in total. The van der Waals surface area contributed by atoms with Crippen LogP contribution < -0.4 is 5.73 Å². The molecule has 1 heterocycles. The number of hydrogen-bond donors (Lipinski definition) is 1. The fourth-order valence-corrected chi connectivity index (χ4v) is 3.51. The van der Waals surface area contributed by atoms with E-state index in [2.05, 4.69) is 37.2 Å². The largest absolute Gasteiger partial charge is 0.370 e. The van der Waals surface area contributed by atoms with Gasteiger partial charge in [-0.05, 0) is 37.0 Å². The van der Waals surface area contributed by atoms with Gasteiger partial charge in [-0.15, -0.1) is 6.58 Å². The van der Waals surface area contributed by atoms with E-state index in [9.17, 15) is 0 Å². The van der Waals surface area contributed by atoms with E-state index in [4.69, 9.17) is 5.73 Å². The van der Waals surface area contributed by atoms with Crippen molar-refractivity contribution >= 4 is 5.96 Å². The molecule has 18 heavy (non-hydrogen) atoms. The molecule has 0 atom stereocenters. The Morgan fingerprint density at radius 2 is 2.06 bits per heavy atom. The normalized spacial score (nSPS) is 32.7. The highest BCUT2D eigenvalue weighted by Gasteiger charge is 2.45. The lowest BCUT2D eigenvalue weighted by Gasteiger charge is -2.46. The van der Waals surface area contributed by atoms with E-state index < -0.39 is 0 Å². The van der Waals surface area contributed by atoms with Crippen molar-refractivity contribution in [3.05, 3.63) is 12.7 Å². The SMILES string of the molecule is C=CCN1C(N)=NCC12CCC(C(C)(C)C)CC2. The first-order valence-electron chi connectivity index (χ1n) is 7.07. The van der Waals surface area contributed by atoms with Gasteiger partial charge in [0.05, 0.1) is 12.1 Å². The molecule has 102 valence electrons. The van der Waals surface area contributed by atoms with Gasteiger partial charge in [-0.25, -0.2) is 0 Å². The molecule has 2 aliphatic rings. The maximum absolute atomic E-state index is 6.02. The lowest BCUT2D eigenvalue weighted by molar-refractivity contribution is 0.0795. The third-order valence-corrected chi connectivity index (χ3v) is 4.84. The molecule has 0 amide bonds. The Bertz CT molecular complexity index is 343. The minimum absolute atomic E-state index is 0.194. The summed E-state index contributed by atoms with van der Waals surface area (Å²) >= 11 is 0. The molecule has 1 aliphatic carbocycles. The minimum Gasteiger partial charge on any atom is -0.370 e. The van der Waals surface area contributed by atoms with E-state index in [1.165, 1.54) is 25.7 Å². The van der Waals surface area contributed by atoms with Gasteiger partial charge < -0.3 is 10.6 Å². The van der Waals surface area contributed by atoms with Crippen LogP contribution >= 0.6 is 0 Å². The molecule has 3 heteroatoms. The van der Waals surface area contributed by atoms with Gasteiger partial charge in [-0.2, -0.15) is 0 Å². The summed E-state index contributed by atoms with van der Waals surface area (Å²) in [6.45, 7) is 12.6. The first kappa shape index (κ1) is 13.4. The van der Waals surface area contributed by atoms with Gasteiger partial charge in [-0.3, -0.25) is 4.99 Å². The topological polar surface area (TPSA) is 41.6 Å². The second-order valence-corrected chi connectivity index (χ2v) is 6.94. The number of hydrogen-bond acceptors (Lipinski definition) is 3. The van der Waals surface area contributed by atoms with Crippen LogP contribution in [-0.2, 0) is 0 Å². The first-order valence-corrected chi connectivity index (χ1v) is 7.07. The van der Waals surface area contributed by atoms with Crippen molar-refractivity contribution in [3.63, 3.8) is 0 Å². The summed E-state index contributed by atoms with van der Waals surface area (Å²) in [6, 6.07) is 0. The third kappa shape index (κ3) is 2.27. The third-order valence-electron chi connectivity index (χ3n) is 4.84. The fourth-order valence-electron chi connectivity index (χ4n) is 3.51.